The number of aromatic nitrogens is 2. The largest absolute Gasteiger partial charge is 0.268 e. The molecule has 0 aliphatic heterocycles. The van der Waals surface area contributed by atoms with Crippen LogP contribution < -0.4 is 0 Å². The Hall–Kier alpha value is -1.40. The summed E-state index contributed by atoms with van der Waals surface area (Å²) in [5, 5.41) is 4.46. The molecule has 0 atom stereocenters. The van der Waals surface area contributed by atoms with Crippen LogP contribution >= 0.6 is 34.2 Å². The van der Waals surface area contributed by atoms with Gasteiger partial charge in [0.15, 0.2) is 0 Å². The molecule has 2 aromatic carbocycles. The summed E-state index contributed by atoms with van der Waals surface area (Å²) < 4.78 is 16.4. The summed E-state index contributed by atoms with van der Waals surface area (Å²) in [5.74, 6) is -0.404. The minimum Gasteiger partial charge on any atom is -0.268 e. The maximum atomic E-state index is 13.4. The normalized spacial score (nSPS) is 10.8. The number of hydrogen-bond acceptors (Lipinski definition) is 1. The first kappa shape index (κ1) is 14.5. The van der Waals surface area contributed by atoms with Crippen molar-refractivity contribution in [3.05, 3.63) is 74.8 Å². The summed E-state index contributed by atoms with van der Waals surface area (Å²) >= 11 is 7.96. The van der Waals surface area contributed by atoms with Crippen molar-refractivity contribution in [3.63, 3.8) is 0 Å². The van der Waals surface area contributed by atoms with Crippen LogP contribution in [0.2, 0.25) is 5.02 Å². The van der Waals surface area contributed by atoms with Gasteiger partial charge in [0.2, 0.25) is 0 Å². The van der Waals surface area contributed by atoms with Crippen molar-refractivity contribution >= 4 is 34.2 Å². The fourth-order valence-corrected chi connectivity index (χ4v) is 2.54. The summed E-state index contributed by atoms with van der Waals surface area (Å²) in [6, 6.07) is 13.0. The number of nitrogens with zero attached hydrogens (tertiary/aromatic N) is 2. The van der Waals surface area contributed by atoms with Crippen LogP contribution in [0, 0.1) is 9.39 Å². The topological polar surface area (TPSA) is 17.8 Å². The van der Waals surface area contributed by atoms with Crippen molar-refractivity contribution in [2.24, 2.45) is 0 Å². The Morgan fingerprint density at radius 2 is 1.86 bits per heavy atom. The van der Waals surface area contributed by atoms with Gasteiger partial charge in [0.05, 0.1) is 17.8 Å². The van der Waals surface area contributed by atoms with Gasteiger partial charge in [-0.2, -0.15) is 5.10 Å². The lowest BCUT2D eigenvalue weighted by Crippen LogP contribution is -2.00. The van der Waals surface area contributed by atoms with Crippen LogP contribution in [0.4, 0.5) is 4.39 Å². The van der Waals surface area contributed by atoms with E-state index in [-0.39, 0.29) is 5.02 Å². The molecule has 0 saturated carbocycles. The SMILES string of the molecule is Fc1cc(Cn2cc(-c3ccc(I)cc3)cn2)ccc1Cl. The lowest BCUT2D eigenvalue weighted by atomic mass is 10.1. The average Bonchev–Trinajstić information content (AvgIpc) is 2.92. The number of halogens is 3. The van der Waals surface area contributed by atoms with Crippen molar-refractivity contribution in [2.45, 2.75) is 6.54 Å². The Balaban J connectivity index is 1.81. The summed E-state index contributed by atoms with van der Waals surface area (Å²) in [4.78, 5) is 0. The molecule has 5 heteroatoms. The highest BCUT2D eigenvalue weighted by atomic mass is 127. The molecule has 0 spiro atoms. The Bertz CT molecular complexity index is 768. The summed E-state index contributed by atoms with van der Waals surface area (Å²) in [5.41, 5.74) is 2.99. The van der Waals surface area contributed by atoms with Crippen molar-refractivity contribution < 1.29 is 4.39 Å². The smallest absolute Gasteiger partial charge is 0.142 e. The quantitative estimate of drug-likeness (QED) is 0.554. The van der Waals surface area contributed by atoms with Gasteiger partial charge >= 0.3 is 0 Å². The van der Waals surface area contributed by atoms with E-state index in [9.17, 15) is 4.39 Å². The molecule has 3 aromatic rings. The Morgan fingerprint density at radius 3 is 2.57 bits per heavy atom. The molecule has 106 valence electrons. The fourth-order valence-electron chi connectivity index (χ4n) is 2.07. The summed E-state index contributed by atoms with van der Waals surface area (Å²) in [6.45, 7) is 0.512. The first-order chi connectivity index (χ1) is 10.1. The maximum Gasteiger partial charge on any atom is 0.142 e. The molecule has 3 rings (SSSR count). The second kappa shape index (κ2) is 6.15. The summed E-state index contributed by atoms with van der Waals surface area (Å²) in [7, 11) is 0. The second-order valence-electron chi connectivity index (χ2n) is 4.68. The third-order valence-electron chi connectivity index (χ3n) is 3.14. The van der Waals surface area contributed by atoms with E-state index < -0.39 is 5.82 Å². The molecule has 0 saturated heterocycles. The van der Waals surface area contributed by atoms with Gasteiger partial charge in [0.25, 0.3) is 0 Å². The van der Waals surface area contributed by atoms with Gasteiger partial charge in [-0.15, -0.1) is 0 Å². The zero-order chi connectivity index (χ0) is 14.8. The molecule has 0 unspecified atom stereocenters. The van der Waals surface area contributed by atoms with E-state index in [1.807, 2.05) is 12.4 Å². The van der Waals surface area contributed by atoms with Gasteiger partial charge in [-0.3, -0.25) is 4.68 Å². The second-order valence-corrected chi connectivity index (χ2v) is 6.33. The van der Waals surface area contributed by atoms with Crippen LogP contribution in [-0.4, -0.2) is 9.78 Å². The molecule has 0 bridgehead atoms. The lowest BCUT2D eigenvalue weighted by Gasteiger charge is -2.03. The van der Waals surface area contributed by atoms with Gasteiger partial charge in [-0.25, -0.2) is 4.39 Å². The molecule has 0 aliphatic rings. The number of benzene rings is 2. The van der Waals surface area contributed by atoms with Crippen LogP contribution in [0.1, 0.15) is 5.56 Å². The zero-order valence-electron chi connectivity index (χ0n) is 10.9. The van der Waals surface area contributed by atoms with Crippen molar-refractivity contribution in [1.82, 2.24) is 9.78 Å². The molecule has 0 radical (unpaired) electrons. The zero-order valence-corrected chi connectivity index (χ0v) is 13.8. The number of rotatable bonds is 3. The van der Waals surface area contributed by atoms with Gasteiger partial charge in [0, 0.05) is 15.3 Å². The Labute approximate surface area is 140 Å². The highest BCUT2D eigenvalue weighted by Gasteiger charge is 2.05. The minimum absolute atomic E-state index is 0.138. The fraction of sp³-hybridized carbons (Fsp3) is 0.0625. The van der Waals surface area contributed by atoms with Gasteiger partial charge in [-0.05, 0) is 58.0 Å². The molecule has 1 aromatic heterocycles. The third-order valence-corrected chi connectivity index (χ3v) is 4.17. The molecular weight excluding hydrogens is 402 g/mol. The van der Waals surface area contributed by atoms with Gasteiger partial charge < -0.3 is 0 Å². The first-order valence-electron chi connectivity index (χ1n) is 6.34. The van der Waals surface area contributed by atoms with E-state index in [1.54, 1.807) is 16.8 Å². The van der Waals surface area contributed by atoms with E-state index in [0.29, 0.717) is 6.54 Å². The molecular formula is C16H11ClFIN2. The molecule has 0 aliphatic carbocycles. The van der Waals surface area contributed by atoms with E-state index in [2.05, 4.69) is 52.0 Å². The Morgan fingerprint density at radius 1 is 1.10 bits per heavy atom. The van der Waals surface area contributed by atoms with Crippen LogP contribution in [0.15, 0.2) is 54.9 Å². The van der Waals surface area contributed by atoms with E-state index in [0.717, 1.165) is 16.7 Å². The molecule has 0 N–H and O–H groups in total. The molecule has 0 fully saturated rings. The standard InChI is InChI=1S/C16H11ClFIN2/c17-15-6-1-11(7-16(15)18)9-21-10-13(8-20-21)12-2-4-14(19)5-3-12/h1-8,10H,9H2. The minimum atomic E-state index is -0.404. The van der Waals surface area contributed by atoms with Crippen molar-refractivity contribution in [2.75, 3.05) is 0 Å². The van der Waals surface area contributed by atoms with Crippen LogP contribution in [-0.2, 0) is 6.54 Å². The van der Waals surface area contributed by atoms with E-state index in [4.69, 9.17) is 11.6 Å². The highest BCUT2D eigenvalue weighted by molar-refractivity contribution is 14.1. The van der Waals surface area contributed by atoms with Crippen LogP contribution in [0.25, 0.3) is 11.1 Å². The Kier molecular flexibility index (Phi) is 4.26. The van der Waals surface area contributed by atoms with Crippen molar-refractivity contribution in [3.8, 4) is 11.1 Å². The molecule has 21 heavy (non-hydrogen) atoms. The average molecular weight is 413 g/mol. The third kappa shape index (κ3) is 3.44. The first-order valence-corrected chi connectivity index (χ1v) is 7.80. The van der Waals surface area contributed by atoms with Gasteiger partial charge in [0.1, 0.15) is 5.82 Å². The van der Waals surface area contributed by atoms with E-state index >= 15 is 0 Å². The van der Waals surface area contributed by atoms with E-state index in [1.165, 1.54) is 9.64 Å². The molecule has 0 amide bonds. The molecule has 2 nitrogen and oxygen atoms in total. The van der Waals surface area contributed by atoms with Gasteiger partial charge in [-0.1, -0.05) is 29.8 Å². The van der Waals surface area contributed by atoms with Crippen molar-refractivity contribution in [1.29, 1.82) is 0 Å². The number of hydrogen-bond donors (Lipinski definition) is 0. The lowest BCUT2D eigenvalue weighted by molar-refractivity contribution is 0.619. The predicted molar refractivity (Wildman–Crippen MR) is 90.9 cm³/mol. The highest BCUT2D eigenvalue weighted by Crippen LogP contribution is 2.21. The van der Waals surface area contributed by atoms with Crippen LogP contribution in [0.5, 0.6) is 0 Å². The molecule has 1 heterocycles. The summed E-state index contributed by atoms with van der Waals surface area (Å²) in [6.07, 6.45) is 3.77. The van der Waals surface area contributed by atoms with Crippen LogP contribution in [0.3, 0.4) is 0 Å². The predicted octanol–water partition coefficient (Wildman–Crippen LogP) is 5.00. The monoisotopic (exact) mass is 412 g/mol. The maximum absolute atomic E-state index is 13.4.